The Balaban J connectivity index is 2.93. The summed E-state index contributed by atoms with van der Waals surface area (Å²) in [5, 5.41) is 13.4. The van der Waals surface area contributed by atoms with Crippen molar-refractivity contribution in [1.82, 2.24) is 9.78 Å². The molecule has 16 heavy (non-hydrogen) atoms. The summed E-state index contributed by atoms with van der Waals surface area (Å²) in [5.74, 6) is 0.144. The third-order valence-corrected chi connectivity index (χ3v) is 2.87. The van der Waals surface area contributed by atoms with Crippen LogP contribution in [0.25, 0.3) is 0 Å². The van der Waals surface area contributed by atoms with Crippen molar-refractivity contribution in [2.24, 2.45) is 5.73 Å². The van der Waals surface area contributed by atoms with Crippen LogP contribution >= 0.6 is 0 Å². The average molecular weight is 225 g/mol. The first-order valence-corrected chi connectivity index (χ1v) is 5.80. The third-order valence-electron chi connectivity index (χ3n) is 2.87. The number of nitrogens with two attached hydrogens (primary N) is 1. The Morgan fingerprint density at radius 2 is 2.12 bits per heavy atom. The number of hydrogen-bond donors (Lipinski definition) is 2. The molecule has 0 amide bonds. The van der Waals surface area contributed by atoms with E-state index in [0.717, 1.165) is 5.56 Å². The van der Waals surface area contributed by atoms with Gasteiger partial charge in [0.05, 0.1) is 6.20 Å². The molecule has 0 fully saturated rings. The Kier molecular flexibility index (Phi) is 4.10. The number of aliphatic hydroxyl groups excluding tert-OH is 1. The molecule has 1 aromatic heterocycles. The summed E-state index contributed by atoms with van der Waals surface area (Å²) in [5.41, 5.74) is 6.90. The Morgan fingerprint density at radius 1 is 1.50 bits per heavy atom. The van der Waals surface area contributed by atoms with E-state index in [1.807, 2.05) is 30.9 Å². The normalized spacial score (nSPS) is 14.4. The topological polar surface area (TPSA) is 64.1 Å². The molecule has 4 heteroatoms. The van der Waals surface area contributed by atoms with Gasteiger partial charge in [0.25, 0.3) is 0 Å². The molecule has 0 aromatic carbocycles. The van der Waals surface area contributed by atoms with Crippen molar-refractivity contribution >= 4 is 0 Å². The molecule has 4 nitrogen and oxygen atoms in total. The summed E-state index contributed by atoms with van der Waals surface area (Å²) in [6.45, 7) is 8.30. The molecular weight excluding hydrogens is 202 g/mol. The maximum Gasteiger partial charge on any atom is 0.0525 e. The highest BCUT2D eigenvalue weighted by atomic mass is 16.3. The van der Waals surface area contributed by atoms with E-state index >= 15 is 0 Å². The maximum absolute atomic E-state index is 9.09. The number of hydrogen-bond acceptors (Lipinski definition) is 3. The molecule has 0 radical (unpaired) electrons. The van der Waals surface area contributed by atoms with Crippen molar-refractivity contribution in [3.05, 3.63) is 18.0 Å². The van der Waals surface area contributed by atoms with Crippen LogP contribution < -0.4 is 5.73 Å². The van der Waals surface area contributed by atoms with Crippen LogP contribution in [0.3, 0.4) is 0 Å². The SMILES string of the molecule is CC(C)n1cc(C(CCO)C(C)(C)N)cn1. The fourth-order valence-corrected chi connectivity index (χ4v) is 1.91. The second kappa shape index (κ2) is 4.97. The van der Waals surface area contributed by atoms with Gasteiger partial charge in [0.1, 0.15) is 0 Å². The largest absolute Gasteiger partial charge is 0.396 e. The highest BCUT2D eigenvalue weighted by Crippen LogP contribution is 2.29. The fourth-order valence-electron chi connectivity index (χ4n) is 1.91. The third kappa shape index (κ3) is 3.06. The summed E-state index contributed by atoms with van der Waals surface area (Å²) in [7, 11) is 0. The van der Waals surface area contributed by atoms with Crippen molar-refractivity contribution in [2.75, 3.05) is 6.61 Å². The van der Waals surface area contributed by atoms with Gasteiger partial charge in [-0.2, -0.15) is 5.10 Å². The number of nitrogens with zero attached hydrogens (tertiary/aromatic N) is 2. The molecule has 0 saturated heterocycles. The van der Waals surface area contributed by atoms with Crippen molar-refractivity contribution in [2.45, 2.75) is 51.6 Å². The quantitative estimate of drug-likeness (QED) is 0.801. The molecule has 1 aromatic rings. The van der Waals surface area contributed by atoms with Gasteiger partial charge in [0, 0.05) is 30.3 Å². The molecule has 1 atom stereocenters. The van der Waals surface area contributed by atoms with E-state index in [1.54, 1.807) is 0 Å². The lowest BCUT2D eigenvalue weighted by molar-refractivity contribution is 0.250. The first kappa shape index (κ1) is 13.2. The van der Waals surface area contributed by atoms with Crippen LogP contribution in [0.2, 0.25) is 0 Å². The summed E-state index contributed by atoms with van der Waals surface area (Å²) in [6, 6.07) is 0.351. The first-order chi connectivity index (χ1) is 7.36. The Labute approximate surface area is 97.5 Å². The molecular formula is C12H23N3O. The van der Waals surface area contributed by atoms with Crippen molar-refractivity contribution < 1.29 is 5.11 Å². The Bertz CT molecular complexity index is 325. The lowest BCUT2D eigenvalue weighted by Gasteiger charge is -2.29. The number of aliphatic hydroxyl groups is 1. The minimum absolute atomic E-state index is 0.144. The van der Waals surface area contributed by atoms with Gasteiger partial charge in [-0.15, -0.1) is 0 Å². The fraction of sp³-hybridized carbons (Fsp3) is 0.750. The molecule has 1 heterocycles. The van der Waals surface area contributed by atoms with Crippen molar-refractivity contribution in [1.29, 1.82) is 0 Å². The molecule has 0 aliphatic heterocycles. The lowest BCUT2D eigenvalue weighted by Crippen LogP contribution is -2.39. The molecule has 1 unspecified atom stereocenters. The molecule has 0 saturated carbocycles. The highest BCUT2D eigenvalue weighted by molar-refractivity contribution is 5.17. The van der Waals surface area contributed by atoms with Gasteiger partial charge >= 0.3 is 0 Å². The molecule has 0 bridgehead atoms. The molecule has 0 aliphatic carbocycles. The van der Waals surface area contributed by atoms with Crippen LogP contribution in [-0.4, -0.2) is 27.0 Å². The summed E-state index contributed by atoms with van der Waals surface area (Å²) in [4.78, 5) is 0. The standard InChI is InChI=1S/C12H23N3O/c1-9(2)15-8-10(7-14-15)11(5-6-16)12(3,4)13/h7-9,11,16H,5-6,13H2,1-4H3. The smallest absolute Gasteiger partial charge is 0.0525 e. The molecule has 92 valence electrons. The Hall–Kier alpha value is -0.870. The summed E-state index contributed by atoms with van der Waals surface area (Å²) in [6.07, 6.45) is 4.56. The van der Waals surface area contributed by atoms with Gasteiger partial charge < -0.3 is 10.8 Å². The van der Waals surface area contributed by atoms with Crippen LogP contribution in [0.4, 0.5) is 0 Å². The highest BCUT2D eigenvalue weighted by Gasteiger charge is 2.27. The minimum Gasteiger partial charge on any atom is -0.396 e. The van der Waals surface area contributed by atoms with Gasteiger partial charge in [-0.25, -0.2) is 0 Å². The first-order valence-electron chi connectivity index (χ1n) is 5.80. The number of aromatic nitrogens is 2. The predicted molar refractivity (Wildman–Crippen MR) is 65.3 cm³/mol. The van der Waals surface area contributed by atoms with Crippen LogP contribution in [0, 0.1) is 0 Å². The molecule has 3 N–H and O–H groups in total. The van der Waals surface area contributed by atoms with Crippen LogP contribution in [0.5, 0.6) is 0 Å². The van der Waals surface area contributed by atoms with Gasteiger partial charge in [-0.1, -0.05) is 0 Å². The molecule has 0 spiro atoms. The van der Waals surface area contributed by atoms with Crippen LogP contribution in [0.15, 0.2) is 12.4 Å². The zero-order chi connectivity index (χ0) is 12.3. The van der Waals surface area contributed by atoms with Gasteiger partial charge in [-0.3, -0.25) is 4.68 Å². The maximum atomic E-state index is 9.09. The van der Waals surface area contributed by atoms with Gasteiger partial charge in [-0.05, 0) is 39.7 Å². The van der Waals surface area contributed by atoms with E-state index in [2.05, 4.69) is 18.9 Å². The monoisotopic (exact) mass is 225 g/mol. The van der Waals surface area contributed by atoms with Crippen molar-refractivity contribution in [3.63, 3.8) is 0 Å². The van der Waals surface area contributed by atoms with E-state index < -0.39 is 0 Å². The predicted octanol–water partition coefficient (Wildman–Crippen LogP) is 1.67. The van der Waals surface area contributed by atoms with Crippen molar-refractivity contribution in [3.8, 4) is 0 Å². The average Bonchev–Trinajstić information content (AvgIpc) is 2.60. The van der Waals surface area contributed by atoms with Crippen LogP contribution in [0.1, 0.15) is 51.6 Å². The summed E-state index contributed by atoms with van der Waals surface area (Å²) >= 11 is 0. The van der Waals surface area contributed by atoms with E-state index in [9.17, 15) is 0 Å². The minimum atomic E-state index is -0.340. The van der Waals surface area contributed by atoms with E-state index in [1.165, 1.54) is 0 Å². The molecule has 1 rings (SSSR count). The second-order valence-electron chi connectivity index (χ2n) is 5.23. The zero-order valence-corrected chi connectivity index (χ0v) is 10.6. The second-order valence-corrected chi connectivity index (χ2v) is 5.23. The van der Waals surface area contributed by atoms with E-state index in [-0.39, 0.29) is 18.1 Å². The van der Waals surface area contributed by atoms with Gasteiger partial charge in [0.2, 0.25) is 0 Å². The van der Waals surface area contributed by atoms with E-state index in [0.29, 0.717) is 12.5 Å². The number of rotatable bonds is 5. The van der Waals surface area contributed by atoms with Gasteiger partial charge in [0.15, 0.2) is 0 Å². The molecule has 0 aliphatic rings. The summed E-state index contributed by atoms with van der Waals surface area (Å²) < 4.78 is 1.92. The lowest BCUT2D eigenvalue weighted by atomic mass is 9.82. The van der Waals surface area contributed by atoms with E-state index in [4.69, 9.17) is 10.8 Å². The van der Waals surface area contributed by atoms with Crippen LogP contribution in [-0.2, 0) is 0 Å². The zero-order valence-electron chi connectivity index (χ0n) is 10.6. The Morgan fingerprint density at radius 3 is 2.50 bits per heavy atom.